The van der Waals surface area contributed by atoms with E-state index in [1.165, 1.54) is 0 Å². The quantitative estimate of drug-likeness (QED) is 0.225. The molecular formula is C24H16BrCl2N3O2. The van der Waals surface area contributed by atoms with E-state index < -0.39 is 5.91 Å². The van der Waals surface area contributed by atoms with Gasteiger partial charge in [-0.1, -0.05) is 57.3 Å². The van der Waals surface area contributed by atoms with Gasteiger partial charge in [0.05, 0.1) is 27.5 Å². The number of nitrogens with one attached hydrogen (secondary N) is 1. The van der Waals surface area contributed by atoms with Gasteiger partial charge in [-0.2, -0.15) is 5.10 Å². The molecule has 1 amide bonds. The first-order valence-electron chi connectivity index (χ1n) is 9.52. The average Bonchev–Trinajstić information content (AvgIpc) is 2.78. The smallest absolute Gasteiger partial charge is 0.272 e. The lowest BCUT2D eigenvalue weighted by atomic mass is 10.0. The van der Waals surface area contributed by atoms with Gasteiger partial charge in [0.1, 0.15) is 5.75 Å². The molecule has 3 aromatic carbocycles. The number of hydrazone groups is 1. The average molecular weight is 529 g/mol. The van der Waals surface area contributed by atoms with E-state index in [1.54, 1.807) is 49.4 Å². The fourth-order valence-corrected chi connectivity index (χ4v) is 4.12. The van der Waals surface area contributed by atoms with E-state index >= 15 is 0 Å². The van der Waals surface area contributed by atoms with Gasteiger partial charge in [0.15, 0.2) is 0 Å². The van der Waals surface area contributed by atoms with Gasteiger partial charge in [-0.15, -0.1) is 0 Å². The maximum absolute atomic E-state index is 13.1. The van der Waals surface area contributed by atoms with Crippen LogP contribution in [0.3, 0.4) is 0 Å². The monoisotopic (exact) mass is 527 g/mol. The maximum atomic E-state index is 13.1. The molecule has 1 aromatic heterocycles. The molecular weight excluding hydrogens is 513 g/mol. The standard InChI is InChI=1S/C24H16BrCl2N3O2/c1-13(18-10-14(25)6-9-23(18)31)29-30-24(32)19-12-22(17-8-7-15(26)11-20(17)27)28-21-5-3-2-4-16(19)21/h2-12,31H,1H3,(H,30,32)/b29-13-. The highest BCUT2D eigenvalue weighted by atomic mass is 79.9. The van der Waals surface area contributed by atoms with Crippen molar-refractivity contribution in [1.82, 2.24) is 10.4 Å². The first kappa shape index (κ1) is 22.3. The second-order valence-electron chi connectivity index (χ2n) is 7.00. The molecule has 0 fully saturated rings. The van der Waals surface area contributed by atoms with Crippen LogP contribution in [-0.2, 0) is 0 Å². The second-order valence-corrected chi connectivity index (χ2v) is 8.76. The molecule has 4 rings (SSSR count). The lowest BCUT2D eigenvalue weighted by molar-refractivity contribution is 0.0956. The topological polar surface area (TPSA) is 74.6 Å². The zero-order valence-electron chi connectivity index (χ0n) is 16.7. The maximum Gasteiger partial charge on any atom is 0.272 e. The van der Waals surface area contributed by atoms with E-state index in [0.717, 1.165) is 4.47 Å². The van der Waals surface area contributed by atoms with Crippen LogP contribution in [-0.4, -0.2) is 21.7 Å². The van der Waals surface area contributed by atoms with Crippen LogP contribution in [0, 0.1) is 0 Å². The number of pyridine rings is 1. The number of para-hydroxylation sites is 1. The minimum atomic E-state index is -0.413. The number of phenolic OH excluding ortho intramolecular Hbond substituents is 1. The Morgan fingerprint density at radius 2 is 1.81 bits per heavy atom. The Labute approximate surface area is 202 Å². The molecule has 5 nitrogen and oxygen atoms in total. The number of nitrogens with zero attached hydrogens (tertiary/aromatic N) is 2. The molecule has 0 aliphatic rings. The van der Waals surface area contributed by atoms with Crippen LogP contribution in [0.5, 0.6) is 5.75 Å². The zero-order valence-corrected chi connectivity index (χ0v) is 19.8. The van der Waals surface area contributed by atoms with Crippen LogP contribution in [0.1, 0.15) is 22.8 Å². The van der Waals surface area contributed by atoms with Crippen molar-refractivity contribution in [2.45, 2.75) is 6.92 Å². The van der Waals surface area contributed by atoms with Crippen molar-refractivity contribution in [3.05, 3.63) is 92.4 Å². The minimum Gasteiger partial charge on any atom is -0.507 e. The van der Waals surface area contributed by atoms with Crippen LogP contribution < -0.4 is 5.43 Å². The van der Waals surface area contributed by atoms with Crippen LogP contribution in [0.25, 0.3) is 22.2 Å². The molecule has 8 heteroatoms. The Hall–Kier alpha value is -2.93. The third-order valence-corrected chi connectivity index (χ3v) is 5.88. The molecule has 1 heterocycles. The molecule has 0 aliphatic heterocycles. The number of rotatable bonds is 4. The van der Waals surface area contributed by atoms with E-state index in [4.69, 9.17) is 23.2 Å². The zero-order chi connectivity index (χ0) is 22.8. The van der Waals surface area contributed by atoms with Crippen molar-refractivity contribution in [3.8, 4) is 17.0 Å². The van der Waals surface area contributed by atoms with Crippen molar-refractivity contribution in [1.29, 1.82) is 0 Å². The molecule has 32 heavy (non-hydrogen) atoms. The Balaban J connectivity index is 1.74. The third kappa shape index (κ3) is 4.63. The van der Waals surface area contributed by atoms with Gasteiger partial charge in [0.25, 0.3) is 5.91 Å². The molecule has 0 spiro atoms. The SMILES string of the molecule is C/C(=N/NC(=O)c1cc(-c2ccc(Cl)cc2Cl)nc2ccccc12)c1cc(Br)ccc1O. The molecule has 2 N–H and O–H groups in total. The van der Waals surface area contributed by atoms with E-state index in [-0.39, 0.29) is 5.75 Å². The van der Waals surface area contributed by atoms with E-state index in [1.807, 2.05) is 24.3 Å². The van der Waals surface area contributed by atoms with Crippen molar-refractivity contribution < 1.29 is 9.90 Å². The van der Waals surface area contributed by atoms with Gasteiger partial charge in [-0.3, -0.25) is 4.79 Å². The molecule has 0 aliphatic carbocycles. The molecule has 0 saturated heterocycles. The molecule has 0 atom stereocenters. The predicted molar refractivity (Wildman–Crippen MR) is 133 cm³/mol. The van der Waals surface area contributed by atoms with Crippen LogP contribution in [0.15, 0.2) is 76.3 Å². The Kier molecular flexibility index (Phi) is 6.46. The lowest BCUT2D eigenvalue weighted by Crippen LogP contribution is -2.20. The van der Waals surface area contributed by atoms with Gasteiger partial charge in [0, 0.05) is 26.0 Å². The van der Waals surface area contributed by atoms with Crippen molar-refractivity contribution in [3.63, 3.8) is 0 Å². The van der Waals surface area contributed by atoms with Gasteiger partial charge in [0.2, 0.25) is 0 Å². The summed E-state index contributed by atoms with van der Waals surface area (Å²) in [5.41, 5.74) is 5.79. The summed E-state index contributed by atoms with van der Waals surface area (Å²) in [7, 11) is 0. The van der Waals surface area contributed by atoms with Crippen molar-refractivity contribution >= 4 is 61.7 Å². The van der Waals surface area contributed by atoms with E-state index in [0.29, 0.717) is 49.0 Å². The third-order valence-electron chi connectivity index (χ3n) is 4.84. The van der Waals surface area contributed by atoms with Gasteiger partial charge >= 0.3 is 0 Å². The highest BCUT2D eigenvalue weighted by Gasteiger charge is 2.16. The number of fused-ring (bicyclic) bond motifs is 1. The molecule has 4 aromatic rings. The number of hydrogen-bond acceptors (Lipinski definition) is 4. The highest BCUT2D eigenvalue weighted by Crippen LogP contribution is 2.32. The summed E-state index contributed by atoms with van der Waals surface area (Å²) in [5, 5.41) is 15.9. The van der Waals surface area contributed by atoms with E-state index in [9.17, 15) is 9.90 Å². The minimum absolute atomic E-state index is 0.0673. The fraction of sp³-hybridized carbons (Fsp3) is 0.0417. The van der Waals surface area contributed by atoms with Crippen LogP contribution >= 0.6 is 39.1 Å². The number of carbonyl (C=O) groups is 1. The first-order valence-corrected chi connectivity index (χ1v) is 11.1. The number of amides is 1. The number of aromatic hydroxyl groups is 1. The Bertz CT molecular complexity index is 1390. The van der Waals surface area contributed by atoms with Gasteiger partial charge in [-0.05, 0) is 55.5 Å². The highest BCUT2D eigenvalue weighted by molar-refractivity contribution is 9.10. The Morgan fingerprint density at radius 3 is 2.59 bits per heavy atom. The summed E-state index contributed by atoms with van der Waals surface area (Å²) < 4.78 is 0.788. The normalized spacial score (nSPS) is 11.6. The number of halogens is 3. The summed E-state index contributed by atoms with van der Waals surface area (Å²) in [6, 6.07) is 19.1. The molecule has 0 unspecified atom stereocenters. The fourth-order valence-electron chi connectivity index (χ4n) is 3.25. The molecule has 0 saturated carbocycles. The number of aromatic nitrogens is 1. The molecule has 160 valence electrons. The van der Waals surface area contributed by atoms with Crippen molar-refractivity contribution in [2.24, 2.45) is 5.10 Å². The number of hydrogen-bond donors (Lipinski definition) is 2. The number of phenols is 1. The summed E-state index contributed by atoms with van der Waals surface area (Å²) >= 11 is 15.8. The summed E-state index contributed by atoms with van der Waals surface area (Å²) in [5.74, 6) is -0.346. The van der Waals surface area contributed by atoms with Gasteiger partial charge < -0.3 is 5.11 Å². The van der Waals surface area contributed by atoms with Crippen molar-refractivity contribution in [2.75, 3.05) is 0 Å². The van der Waals surface area contributed by atoms with Crippen LogP contribution in [0.4, 0.5) is 0 Å². The largest absolute Gasteiger partial charge is 0.507 e. The Morgan fingerprint density at radius 1 is 1.03 bits per heavy atom. The summed E-state index contributed by atoms with van der Waals surface area (Å²) in [4.78, 5) is 17.8. The summed E-state index contributed by atoms with van der Waals surface area (Å²) in [6.07, 6.45) is 0. The molecule has 0 radical (unpaired) electrons. The molecule has 0 bridgehead atoms. The first-order chi connectivity index (χ1) is 15.3. The summed E-state index contributed by atoms with van der Waals surface area (Å²) in [6.45, 7) is 1.70. The number of benzene rings is 3. The predicted octanol–water partition coefficient (Wildman–Crippen LogP) is 6.83. The lowest BCUT2D eigenvalue weighted by Gasteiger charge is -2.11. The van der Waals surface area contributed by atoms with Gasteiger partial charge in [-0.25, -0.2) is 10.4 Å². The van der Waals surface area contributed by atoms with E-state index in [2.05, 4.69) is 31.4 Å². The van der Waals surface area contributed by atoms with Crippen LogP contribution in [0.2, 0.25) is 10.0 Å². The second kappa shape index (κ2) is 9.28. The number of carbonyl (C=O) groups excluding carboxylic acids is 1.